The second-order valence-corrected chi connectivity index (χ2v) is 4.54. The first-order valence-electron chi connectivity index (χ1n) is 5.81. The van der Waals surface area contributed by atoms with E-state index in [1.165, 1.54) is 5.56 Å². The summed E-state index contributed by atoms with van der Waals surface area (Å²) in [7, 11) is 0. The van der Waals surface area contributed by atoms with E-state index in [9.17, 15) is 4.79 Å². The number of thiophene rings is 1. The molecule has 3 nitrogen and oxygen atoms in total. The molecule has 90 valence electrons. The number of carbonyl (C=O) groups is 1. The van der Waals surface area contributed by atoms with Gasteiger partial charge < -0.3 is 10.6 Å². The SMILES string of the molecule is CCCCNC(=O)CNCCc1ccsc1. The Morgan fingerprint density at radius 2 is 2.31 bits per heavy atom. The maximum Gasteiger partial charge on any atom is 0.233 e. The predicted molar refractivity (Wildman–Crippen MR) is 68.8 cm³/mol. The molecule has 0 fully saturated rings. The van der Waals surface area contributed by atoms with E-state index in [-0.39, 0.29) is 5.91 Å². The molecule has 0 atom stereocenters. The van der Waals surface area contributed by atoms with Crippen LogP contribution in [0.15, 0.2) is 16.8 Å². The predicted octanol–water partition coefficient (Wildman–Crippen LogP) is 1.80. The van der Waals surface area contributed by atoms with Crippen molar-refractivity contribution < 1.29 is 4.79 Å². The maximum atomic E-state index is 11.3. The van der Waals surface area contributed by atoms with E-state index < -0.39 is 0 Å². The van der Waals surface area contributed by atoms with Gasteiger partial charge in [-0.25, -0.2) is 0 Å². The van der Waals surface area contributed by atoms with Gasteiger partial charge in [0.2, 0.25) is 5.91 Å². The largest absolute Gasteiger partial charge is 0.355 e. The van der Waals surface area contributed by atoms with E-state index in [4.69, 9.17) is 0 Å². The van der Waals surface area contributed by atoms with Crippen molar-refractivity contribution in [1.82, 2.24) is 10.6 Å². The highest BCUT2D eigenvalue weighted by Crippen LogP contribution is 2.05. The van der Waals surface area contributed by atoms with E-state index in [0.717, 1.165) is 32.4 Å². The summed E-state index contributed by atoms with van der Waals surface area (Å²) in [5.74, 6) is 0.0961. The lowest BCUT2D eigenvalue weighted by Gasteiger charge is -2.05. The molecule has 0 unspecified atom stereocenters. The van der Waals surface area contributed by atoms with Crippen molar-refractivity contribution in [3.05, 3.63) is 22.4 Å². The lowest BCUT2D eigenvalue weighted by atomic mass is 10.2. The summed E-state index contributed by atoms with van der Waals surface area (Å²) in [4.78, 5) is 11.3. The average Bonchev–Trinajstić information content (AvgIpc) is 2.78. The van der Waals surface area contributed by atoms with Crippen LogP contribution in [0, 0.1) is 0 Å². The van der Waals surface area contributed by atoms with Gasteiger partial charge in [0.25, 0.3) is 0 Å². The standard InChI is InChI=1S/C12H20N2OS/c1-2-3-6-14-12(15)9-13-7-4-11-5-8-16-10-11/h5,8,10,13H,2-4,6-7,9H2,1H3,(H,14,15). The molecule has 0 aliphatic carbocycles. The fourth-order valence-electron chi connectivity index (χ4n) is 1.34. The number of hydrogen-bond acceptors (Lipinski definition) is 3. The first-order chi connectivity index (χ1) is 7.83. The molecule has 4 heteroatoms. The fraction of sp³-hybridized carbons (Fsp3) is 0.583. The Hall–Kier alpha value is -0.870. The Kier molecular flexibility index (Phi) is 6.85. The summed E-state index contributed by atoms with van der Waals surface area (Å²) in [5.41, 5.74) is 1.34. The van der Waals surface area contributed by atoms with E-state index in [0.29, 0.717) is 6.54 Å². The molecule has 0 bridgehead atoms. The lowest BCUT2D eigenvalue weighted by molar-refractivity contribution is -0.120. The number of amides is 1. The van der Waals surface area contributed by atoms with Crippen LogP contribution in [0.4, 0.5) is 0 Å². The second kappa shape index (κ2) is 8.30. The van der Waals surface area contributed by atoms with Gasteiger partial charge in [0.05, 0.1) is 6.54 Å². The molecular formula is C12H20N2OS. The third-order valence-electron chi connectivity index (χ3n) is 2.31. The Morgan fingerprint density at radius 3 is 3.00 bits per heavy atom. The Labute approximate surface area is 101 Å². The Bertz CT molecular complexity index is 285. The highest BCUT2D eigenvalue weighted by molar-refractivity contribution is 7.07. The smallest absolute Gasteiger partial charge is 0.233 e. The molecule has 0 aromatic carbocycles. The molecule has 0 aliphatic heterocycles. The van der Waals surface area contributed by atoms with Crippen molar-refractivity contribution >= 4 is 17.2 Å². The summed E-state index contributed by atoms with van der Waals surface area (Å²) >= 11 is 1.71. The summed E-state index contributed by atoms with van der Waals surface area (Å²) in [5, 5.41) is 10.2. The first-order valence-corrected chi connectivity index (χ1v) is 6.75. The van der Waals surface area contributed by atoms with E-state index in [2.05, 4.69) is 34.4 Å². The van der Waals surface area contributed by atoms with Gasteiger partial charge >= 0.3 is 0 Å². The van der Waals surface area contributed by atoms with E-state index >= 15 is 0 Å². The van der Waals surface area contributed by atoms with Crippen LogP contribution in [-0.2, 0) is 11.2 Å². The summed E-state index contributed by atoms with van der Waals surface area (Å²) < 4.78 is 0. The average molecular weight is 240 g/mol. The molecule has 1 heterocycles. The van der Waals surface area contributed by atoms with Crippen LogP contribution in [0.25, 0.3) is 0 Å². The van der Waals surface area contributed by atoms with Crippen LogP contribution in [0.1, 0.15) is 25.3 Å². The lowest BCUT2D eigenvalue weighted by Crippen LogP contribution is -2.35. The van der Waals surface area contributed by atoms with Crippen molar-refractivity contribution in [2.75, 3.05) is 19.6 Å². The molecule has 2 N–H and O–H groups in total. The van der Waals surface area contributed by atoms with Gasteiger partial charge in [0, 0.05) is 6.54 Å². The van der Waals surface area contributed by atoms with Crippen LogP contribution < -0.4 is 10.6 Å². The Balaban J connectivity index is 1.96. The van der Waals surface area contributed by atoms with Crippen molar-refractivity contribution in [2.45, 2.75) is 26.2 Å². The summed E-state index contributed by atoms with van der Waals surface area (Å²) in [6, 6.07) is 2.12. The topological polar surface area (TPSA) is 41.1 Å². The molecule has 0 radical (unpaired) electrons. The molecule has 1 aromatic heterocycles. The highest BCUT2D eigenvalue weighted by Gasteiger charge is 1.99. The molecule has 0 saturated carbocycles. The van der Waals surface area contributed by atoms with Gasteiger partial charge in [-0.05, 0) is 41.8 Å². The summed E-state index contributed by atoms with van der Waals surface area (Å²) in [6.07, 6.45) is 3.16. The third kappa shape index (κ3) is 5.88. The van der Waals surface area contributed by atoms with Gasteiger partial charge in [-0.15, -0.1) is 0 Å². The molecule has 0 spiro atoms. The first kappa shape index (κ1) is 13.2. The minimum atomic E-state index is 0.0961. The normalized spacial score (nSPS) is 10.3. The zero-order valence-corrected chi connectivity index (χ0v) is 10.6. The van der Waals surface area contributed by atoms with Crippen LogP contribution in [0.3, 0.4) is 0 Å². The van der Waals surface area contributed by atoms with Crippen molar-refractivity contribution in [3.63, 3.8) is 0 Å². The number of nitrogens with one attached hydrogen (secondary N) is 2. The zero-order valence-electron chi connectivity index (χ0n) is 9.79. The zero-order chi connectivity index (χ0) is 11.6. The van der Waals surface area contributed by atoms with Gasteiger partial charge in [0.15, 0.2) is 0 Å². The van der Waals surface area contributed by atoms with Crippen LogP contribution in [0.5, 0.6) is 0 Å². The van der Waals surface area contributed by atoms with E-state index in [1.807, 2.05) is 0 Å². The minimum Gasteiger partial charge on any atom is -0.355 e. The molecule has 16 heavy (non-hydrogen) atoms. The third-order valence-corrected chi connectivity index (χ3v) is 3.04. The van der Waals surface area contributed by atoms with Gasteiger partial charge in [-0.1, -0.05) is 13.3 Å². The fourth-order valence-corrected chi connectivity index (χ4v) is 2.04. The molecule has 0 saturated heterocycles. The summed E-state index contributed by atoms with van der Waals surface area (Å²) in [6.45, 7) is 4.19. The Morgan fingerprint density at radius 1 is 1.44 bits per heavy atom. The maximum absolute atomic E-state index is 11.3. The molecule has 1 amide bonds. The minimum absolute atomic E-state index is 0.0961. The number of rotatable bonds is 8. The van der Waals surface area contributed by atoms with E-state index in [1.54, 1.807) is 11.3 Å². The number of carbonyl (C=O) groups excluding carboxylic acids is 1. The van der Waals surface area contributed by atoms with Gasteiger partial charge in [0.1, 0.15) is 0 Å². The molecule has 1 aromatic rings. The second-order valence-electron chi connectivity index (χ2n) is 3.76. The van der Waals surface area contributed by atoms with Gasteiger partial charge in [-0.3, -0.25) is 4.79 Å². The number of hydrogen-bond donors (Lipinski definition) is 2. The molecule has 1 rings (SSSR count). The van der Waals surface area contributed by atoms with Crippen LogP contribution >= 0.6 is 11.3 Å². The van der Waals surface area contributed by atoms with Crippen molar-refractivity contribution in [1.29, 1.82) is 0 Å². The van der Waals surface area contributed by atoms with Crippen LogP contribution in [-0.4, -0.2) is 25.5 Å². The van der Waals surface area contributed by atoms with Gasteiger partial charge in [-0.2, -0.15) is 11.3 Å². The van der Waals surface area contributed by atoms with Crippen LogP contribution in [0.2, 0.25) is 0 Å². The van der Waals surface area contributed by atoms with Crippen molar-refractivity contribution in [2.24, 2.45) is 0 Å². The quantitative estimate of drug-likeness (QED) is 0.680. The highest BCUT2D eigenvalue weighted by atomic mass is 32.1. The van der Waals surface area contributed by atoms with Crippen molar-refractivity contribution in [3.8, 4) is 0 Å². The molecular weight excluding hydrogens is 220 g/mol. The molecule has 0 aliphatic rings. The monoisotopic (exact) mass is 240 g/mol. The number of unbranched alkanes of at least 4 members (excludes halogenated alkanes) is 1.